The minimum Gasteiger partial charge on any atom is -0.478 e. The molecule has 124 valence electrons. The molecule has 0 aromatic carbocycles. The first-order valence-electron chi connectivity index (χ1n) is 6.96. The number of carbonyl (C=O) groups excluding carboxylic acids is 1. The van der Waals surface area contributed by atoms with Crippen molar-refractivity contribution < 1.29 is 27.5 Å². The smallest absolute Gasteiger partial charge is 0.339 e. The number of amides is 1. The number of carboxylic acids is 1. The predicted octanol–water partition coefficient (Wildman–Crippen LogP) is 1.44. The maximum Gasteiger partial charge on any atom is 0.339 e. The molecule has 0 fully saturated rings. The molecule has 22 heavy (non-hydrogen) atoms. The number of hydrogen-bond donors (Lipinski definition) is 1. The largest absolute Gasteiger partial charge is 0.478 e. The van der Waals surface area contributed by atoms with E-state index in [1.807, 2.05) is 0 Å². The lowest BCUT2D eigenvalue weighted by Crippen LogP contribution is -2.39. The van der Waals surface area contributed by atoms with Crippen molar-refractivity contribution >= 4 is 21.7 Å². The zero-order chi connectivity index (χ0) is 17.1. The standard InChI is InChI=1S/C14H21NO6S/c1-5-11-10(14(17)18)7-12(21-11)13(16)15(4)9(3)8-22(19,20)6-2/h7,9H,5-6,8H2,1-4H3,(H,17,18). The first-order valence-corrected chi connectivity index (χ1v) is 8.78. The van der Waals surface area contributed by atoms with Crippen LogP contribution in [-0.4, -0.2) is 54.9 Å². The number of aromatic carboxylic acids is 1. The Morgan fingerprint density at radius 3 is 2.36 bits per heavy atom. The van der Waals surface area contributed by atoms with Crippen molar-refractivity contribution in [2.75, 3.05) is 18.6 Å². The van der Waals surface area contributed by atoms with Crippen molar-refractivity contribution in [3.63, 3.8) is 0 Å². The first-order chi connectivity index (χ1) is 10.1. The van der Waals surface area contributed by atoms with Crippen molar-refractivity contribution in [1.82, 2.24) is 4.90 Å². The number of nitrogens with zero attached hydrogens (tertiary/aromatic N) is 1. The Balaban J connectivity index is 2.98. The van der Waals surface area contributed by atoms with E-state index < -0.39 is 27.8 Å². The molecule has 1 amide bonds. The predicted molar refractivity (Wildman–Crippen MR) is 80.9 cm³/mol. The van der Waals surface area contributed by atoms with E-state index in [0.717, 1.165) is 0 Å². The molecule has 1 aromatic heterocycles. The Labute approximate surface area is 129 Å². The highest BCUT2D eigenvalue weighted by Crippen LogP contribution is 2.18. The molecule has 1 aromatic rings. The molecular weight excluding hydrogens is 310 g/mol. The quantitative estimate of drug-likeness (QED) is 0.810. The van der Waals surface area contributed by atoms with Gasteiger partial charge >= 0.3 is 5.97 Å². The number of carboxylic acid groups (broad SMARTS) is 1. The molecule has 0 aliphatic rings. The van der Waals surface area contributed by atoms with Crippen LogP contribution in [0.2, 0.25) is 0 Å². The number of rotatable bonds is 7. The Hall–Kier alpha value is -1.83. The fourth-order valence-electron chi connectivity index (χ4n) is 1.95. The van der Waals surface area contributed by atoms with E-state index in [0.29, 0.717) is 6.42 Å². The zero-order valence-electron chi connectivity index (χ0n) is 13.1. The second-order valence-electron chi connectivity index (χ2n) is 5.07. The summed E-state index contributed by atoms with van der Waals surface area (Å²) in [6.07, 6.45) is 0.346. The second-order valence-corrected chi connectivity index (χ2v) is 7.47. The monoisotopic (exact) mass is 331 g/mol. The van der Waals surface area contributed by atoms with Gasteiger partial charge in [-0.25, -0.2) is 13.2 Å². The molecule has 0 aliphatic carbocycles. The van der Waals surface area contributed by atoms with Gasteiger partial charge in [0, 0.05) is 31.3 Å². The fraction of sp³-hybridized carbons (Fsp3) is 0.571. The minimum atomic E-state index is -3.22. The van der Waals surface area contributed by atoms with Crippen molar-refractivity contribution in [3.8, 4) is 0 Å². The lowest BCUT2D eigenvalue weighted by Gasteiger charge is -2.23. The molecule has 0 radical (unpaired) electrons. The third-order valence-corrected chi connectivity index (χ3v) is 5.36. The number of hydrogen-bond acceptors (Lipinski definition) is 5. The maximum atomic E-state index is 12.3. The molecule has 1 N–H and O–H groups in total. The fourth-order valence-corrected chi connectivity index (χ4v) is 3.14. The molecule has 7 nitrogen and oxygen atoms in total. The molecule has 0 saturated heterocycles. The minimum absolute atomic E-state index is 0.00324. The van der Waals surface area contributed by atoms with Crippen LogP contribution in [0.5, 0.6) is 0 Å². The van der Waals surface area contributed by atoms with Crippen molar-refractivity contribution in [1.29, 1.82) is 0 Å². The van der Waals surface area contributed by atoms with Gasteiger partial charge in [0.1, 0.15) is 11.3 Å². The summed E-state index contributed by atoms with van der Waals surface area (Å²) in [5.41, 5.74) is -0.0481. The molecule has 0 saturated carbocycles. The lowest BCUT2D eigenvalue weighted by molar-refractivity contribution is 0.0691. The van der Waals surface area contributed by atoms with E-state index in [1.165, 1.54) is 18.0 Å². The molecule has 8 heteroatoms. The van der Waals surface area contributed by atoms with Crippen LogP contribution < -0.4 is 0 Å². The van der Waals surface area contributed by atoms with Crippen LogP contribution in [0, 0.1) is 0 Å². The van der Waals surface area contributed by atoms with E-state index in [4.69, 9.17) is 9.52 Å². The highest BCUT2D eigenvalue weighted by molar-refractivity contribution is 7.91. The van der Waals surface area contributed by atoms with E-state index in [1.54, 1.807) is 20.8 Å². The number of furan rings is 1. The topological polar surface area (TPSA) is 105 Å². The summed E-state index contributed by atoms with van der Waals surface area (Å²) in [6.45, 7) is 4.88. The van der Waals surface area contributed by atoms with Gasteiger partial charge in [0.05, 0.1) is 5.75 Å². The van der Waals surface area contributed by atoms with E-state index >= 15 is 0 Å². The summed E-state index contributed by atoms with van der Waals surface area (Å²) in [5, 5.41) is 9.06. The van der Waals surface area contributed by atoms with Gasteiger partial charge in [-0.2, -0.15) is 0 Å². The zero-order valence-corrected chi connectivity index (χ0v) is 13.9. The van der Waals surface area contributed by atoms with Crippen molar-refractivity contribution in [2.24, 2.45) is 0 Å². The summed E-state index contributed by atoms with van der Waals surface area (Å²) in [5.74, 6) is -1.73. The lowest BCUT2D eigenvalue weighted by atomic mass is 10.2. The van der Waals surface area contributed by atoms with E-state index in [9.17, 15) is 18.0 Å². The van der Waals surface area contributed by atoms with Crippen LogP contribution in [-0.2, 0) is 16.3 Å². The van der Waals surface area contributed by atoms with E-state index in [2.05, 4.69) is 0 Å². The summed E-state index contributed by atoms with van der Waals surface area (Å²) in [7, 11) is -1.75. The number of sulfone groups is 1. The SMILES string of the molecule is CCc1oc(C(=O)N(C)C(C)CS(=O)(=O)CC)cc1C(=O)O. The number of aryl methyl sites for hydroxylation is 1. The van der Waals surface area contributed by atoms with Gasteiger partial charge in [-0.05, 0) is 6.92 Å². The Morgan fingerprint density at radius 1 is 1.36 bits per heavy atom. The molecule has 1 unspecified atom stereocenters. The Bertz CT molecular complexity index is 661. The average molecular weight is 331 g/mol. The van der Waals surface area contributed by atoms with Crippen LogP contribution in [0.4, 0.5) is 0 Å². The maximum absolute atomic E-state index is 12.3. The molecule has 1 atom stereocenters. The van der Waals surface area contributed by atoms with Crippen LogP contribution in [0.15, 0.2) is 10.5 Å². The summed E-state index contributed by atoms with van der Waals surface area (Å²) < 4.78 is 28.5. The highest BCUT2D eigenvalue weighted by atomic mass is 32.2. The molecule has 1 rings (SSSR count). The molecule has 0 bridgehead atoms. The third kappa shape index (κ3) is 4.09. The van der Waals surface area contributed by atoms with Crippen LogP contribution in [0.1, 0.15) is 47.4 Å². The van der Waals surface area contributed by atoms with E-state index in [-0.39, 0.29) is 28.6 Å². The summed E-state index contributed by atoms with van der Waals surface area (Å²) >= 11 is 0. The van der Waals surface area contributed by atoms with Gasteiger partial charge < -0.3 is 14.4 Å². The number of carbonyl (C=O) groups is 2. The molecule has 0 spiro atoms. The normalized spacial score (nSPS) is 12.9. The summed E-state index contributed by atoms with van der Waals surface area (Å²) in [6, 6.07) is 0.641. The van der Waals surface area contributed by atoms with Gasteiger partial charge in [0.25, 0.3) is 5.91 Å². The van der Waals surface area contributed by atoms with Crippen LogP contribution in [0.3, 0.4) is 0 Å². The van der Waals surface area contributed by atoms with Crippen LogP contribution >= 0.6 is 0 Å². The van der Waals surface area contributed by atoms with Gasteiger partial charge in [-0.15, -0.1) is 0 Å². The highest BCUT2D eigenvalue weighted by Gasteiger charge is 2.26. The van der Waals surface area contributed by atoms with Crippen molar-refractivity contribution in [3.05, 3.63) is 23.2 Å². The average Bonchev–Trinajstić information content (AvgIpc) is 2.89. The molecule has 1 heterocycles. The third-order valence-electron chi connectivity index (χ3n) is 3.49. The van der Waals surface area contributed by atoms with Crippen molar-refractivity contribution in [2.45, 2.75) is 33.2 Å². The summed E-state index contributed by atoms with van der Waals surface area (Å²) in [4.78, 5) is 24.6. The second kappa shape index (κ2) is 6.95. The Kier molecular flexibility index (Phi) is 5.76. The van der Waals surface area contributed by atoms with Gasteiger partial charge in [-0.1, -0.05) is 13.8 Å². The van der Waals surface area contributed by atoms with Crippen LogP contribution in [0.25, 0.3) is 0 Å². The first kappa shape index (κ1) is 18.2. The van der Waals surface area contributed by atoms with Gasteiger partial charge in [-0.3, -0.25) is 4.79 Å². The molecular formula is C14H21NO6S. The van der Waals surface area contributed by atoms with Gasteiger partial charge in [0.15, 0.2) is 15.6 Å². The Morgan fingerprint density at radius 2 is 1.95 bits per heavy atom. The van der Waals surface area contributed by atoms with Gasteiger partial charge in [0.2, 0.25) is 0 Å². The molecule has 0 aliphatic heterocycles.